The summed E-state index contributed by atoms with van der Waals surface area (Å²) in [5, 5.41) is 0. The summed E-state index contributed by atoms with van der Waals surface area (Å²) in [5.41, 5.74) is 3.01. The van der Waals surface area contributed by atoms with Crippen molar-refractivity contribution in [1.29, 1.82) is 0 Å². The Bertz CT molecular complexity index is 1390. The minimum absolute atomic E-state index is 0.0721. The quantitative estimate of drug-likeness (QED) is 0.209. The number of amides is 1. The second kappa shape index (κ2) is 9.94. The van der Waals surface area contributed by atoms with Crippen LogP contribution in [0.3, 0.4) is 0 Å². The van der Waals surface area contributed by atoms with Crippen molar-refractivity contribution in [2.45, 2.75) is 26.9 Å². The zero-order chi connectivity index (χ0) is 26.2. The van der Waals surface area contributed by atoms with E-state index in [1.807, 2.05) is 36.6 Å². The van der Waals surface area contributed by atoms with Gasteiger partial charge in [0, 0.05) is 17.1 Å². The number of halogens is 3. The highest BCUT2D eigenvalue weighted by Gasteiger charge is 2.36. The Balaban J connectivity index is 1.63. The van der Waals surface area contributed by atoms with Crippen LogP contribution >= 0.6 is 24.0 Å². The molecule has 0 aliphatic carbocycles. The van der Waals surface area contributed by atoms with Crippen LogP contribution in [-0.2, 0) is 15.7 Å². The summed E-state index contributed by atoms with van der Waals surface area (Å²) in [6.07, 6.45) is -2.84. The fourth-order valence-electron chi connectivity index (χ4n) is 3.94. The van der Waals surface area contributed by atoms with Crippen LogP contribution in [0.15, 0.2) is 59.5 Å². The summed E-state index contributed by atoms with van der Waals surface area (Å²) >= 11 is 6.37. The normalized spacial score (nSPS) is 15.2. The molecule has 0 spiro atoms. The van der Waals surface area contributed by atoms with Gasteiger partial charge in [0.15, 0.2) is 4.32 Å². The first-order chi connectivity index (χ1) is 17.0. The Kier molecular flexibility index (Phi) is 7.10. The number of thiocarbonyl (C=S) groups is 1. The molecular formula is C26H21F3N2O3S2. The molecule has 2 heterocycles. The number of thioether (sulfide) groups is 1. The van der Waals surface area contributed by atoms with Crippen molar-refractivity contribution < 1.29 is 27.5 Å². The topological polar surface area (TPSA) is 51.5 Å². The van der Waals surface area contributed by atoms with Crippen LogP contribution in [0.2, 0.25) is 0 Å². The fraction of sp³-hybridized carbons (Fsp3) is 0.192. The molecule has 0 bridgehead atoms. The maximum Gasteiger partial charge on any atom is 0.416 e. The van der Waals surface area contributed by atoms with Crippen LogP contribution < -0.4 is 4.90 Å². The van der Waals surface area contributed by atoms with Crippen LogP contribution in [0.4, 0.5) is 18.9 Å². The van der Waals surface area contributed by atoms with Crippen molar-refractivity contribution in [2.75, 3.05) is 11.5 Å². The molecule has 1 aromatic heterocycles. The van der Waals surface area contributed by atoms with Crippen molar-refractivity contribution in [1.82, 2.24) is 4.57 Å². The molecule has 0 unspecified atom stereocenters. The number of nitrogens with zero attached hydrogens (tertiary/aromatic N) is 2. The number of aromatic nitrogens is 1. The Hall–Kier alpha value is -3.37. The van der Waals surface area contributed by atoms with Gasteiger partial charge in [-0.2, -0.15) is 13.2 Å². The lowest BCUT2D eigenvalue weighted by atomic mass is 10.1. The molecule has 1 fully saturated rings. The van der Waals surface area contributed by atoms with E-state index < -0.39 is 23.6 Å². The molecule has 186 valence electrons. The average molecular weight is 531 g/mol. The van der Waals surface area contributed by atoms with Crippen LogP contribution in [0.1, 0.15) is 39.8 Å². The van der Waals surface area contributed by atoms with Gasteiger partial charge in [-0.25, -0.2) is 4.79 Å². The highest BCUT2D eigenvalue weighted by molar-refractivity contribution is 8.27. The number of ether oxygens (including phenoxy) is 1. The third-order valence-corrected chi connectivity index (χ3v) is 6.92. The van der Waals surface area contributed by atoms with Gasteiger partial charge < -0.3 is 9.30 Å². The number of carbonyl (C=O) groups is 2. The van der Waals surface area contributed by atoms with Gasteiger partial charge in [0.1, 0.15) is 0 Å². The van der Waals surface area contributed by atoms with E-state index in [-0.39, 0.29) is 10.0 Å². The van der Waals surface area contributed by atoms with Gasteiger partial charge in [-0.3, -0.25) is 9.69 Å². The van der Waals surface area contributed by atoms with Crippen LogP contribution in [-0.4, -0.2) is 27.4 Å². The molecule has 36 heavy (non-hydrogen) atoms. The smallest absolute Gasteiger partial charge is 0.416 e. The third kappa shape index (κ3) is 4.96. The SMILES string of the molecule is CCOC(=O)c1ccc(-n2c(C)cc(/C=C3/SC(=S)N(c4cccc(C(F)(F)F)c4)C3=O)c2C)cc1. The number of aryl methyl sites for hydroxylation is 1. The summed E-state index contributed by atoms with van der Waals surface area (Å²) in [6.45, 7) is 5.84. The van der Waals surface area contributed by atoms with Crippen molar-refractivity contribution >= 4 is 51.9 Å². The molecule has 3 aromatic rings. The van der Waals surface area contributed by atoms with E-state index in [2.05, 4.69) is 0 Å². The van der Waals surface area contributed by atoms with E-state index in [0.29, 0.717) is 17.1 Å². The molecule has 1 saturated heterocycles. The number of benzene rings is 2. The average Bonchev–Trinajstić information content (AvgIpc) is 3.27. The summed E-state index contributed by atoms with van der Waals surface area (Å²) in [4.78, 5) is 26.5. The zero-order valence-corrected chi connectivity index (χ0v) is 21.2. The van der Waals surface area contributed by atoms with E-state index >= 15 is 0 Å². The number of hydrogen-bond acceptors (Lipinski definition) is 5. The number of esters is 1. The van der Waals surface area contributed by atoms with Crippen molar-refractivity contribution in [3.05, 3.63) is 87.6 Å². The molecular weight excluding hydrogens is 509 g/mol. The van der Waals surface area contributed by atoms with Gasteiger partial charge >= 0.3 is 12.1 Å². The molecule has 0 radical (unpaired) electrons. The number of hydrogen-bond donors (Lipinski definition) is 0. The molecule has 0 atom stereocenters. The summed E-state index contributed by atoms with van der Waals surface area (Å²) < 4.78 is 46.6. The number of carbonyl (C=O) groups excluding carboxylic acids is 2. The van der Waals surface area contributed by atoms with Gasteiger partial charge in [0.25, 0.3) is 5.91 Å². The largest absolute Gasteiger partial charge is 0.462 e. The van der Waals surface area contributed by atoms with E-state index in [9.17, 15) is 22.8 Å². The number of rotatable bonds is 5. The molecule has 1 amide bonds. The lowest BCUT2D eigenvalue weighted by Crippen LogP contribution is -2.27. The van der Waals surface area contributed by atoms with Crippen molar-refractivity contribution in [2.24, 2.45) is 0 Å². The molecule has 5 nitrogen and oxygen atoms in total. The summed E-state index contributed by atoms with van der Waals surface area (Å²) in [5.74, 6) is -0.874. The predicted octanol–water partition coefficient (Wildman–Crippen LogP) is 6.70. The van der Waals surface area contributed by atoms with Gasteiger partial charge in [-0.05, 0) is 80.9 Å². The fourth-order valence-corrected chi connectivity index (χ4v) is 5.23. The van der Waals surface area contributed by atoms with Crippen LogP contribution in [0, 0.1) is 13.8 Å². The second-order valence-corrected chi connectivity index (χ2v) is 9.67. The van der Waals surface area contributed by atoms with Crippen LogP contribution in [0.25, 0.3) is 11.8 Å². The van der Waals surface area contributed by atoms with Gasteiger partial charge in [-0.15, -0.1) is 0 Å². The molecule has 0 saturated carbocycles. The predicted molar refractivity (Wildman–Crippen MR) is 138 cm³/mol. The summed E-state index contributed by atoms with van der Waals surface area (Å²) in [6, 6.07) is 13.4. The van der Waals surface area contributed by atoms with E-state index in [4.69, 9.17) is 17.0 Å². The Morgan fingerprint density at radius 1 is 1.08 bits per heavy atom. The maximum absolute atomic E-state index is 13.2. The molecule has 0 N–H and O–H groups in total. The zero-order valence-electron chi connectivity index (χ0n) is 19.6. The minimum Gasteiger partial charge on any atom is -0.462 e. The molecule has 1 aliphatic heterocycles. The first-order valence-corrected chi connectivity index (χ1v) is 12.2. The number of anilines is 1. The minimum atomic E-state index is -4.53. The maximum atomic E-state index is 13.2. The first kappa shape index (κ1) is 25.7. The third-order valence-electron chi connectivity index (χ3n) is 5.62. The van der Waals surface area contributed by atoms with E-state index in [1.54, 1.807) is 25.1 Å². The highest BCUT2D eigenvalue weighted by Crippen LogP contribution is 2.39. The van der Waals surface area contributed by atoms with Gasteiger partial charge in [0.05, 0.1) is 28.3 Å². The second-order valence-electron chi connectivity index (χ2n) is 7.99. The monoisotopic (exact) mass is 530 g/mol. The lowest BCUT2D eigenvalue weighted by Gasteiger charge is -2.16. The molecule has 10 heteroatoms. The standard InChI is InChI=1S/C26H21F3N2O3S2/c1-4-34-24(33)17-8-10-20(11-9-17)30-15(2)12-18(16(30)3)13-22-23(32)31(25(35)36-22)21-7-5-6-19(14-21)26(27,28)29/h5-14H,4H2,1-3H3/b22-13+. The lowest BCUT2D eigenvalue weighted by molar-refractivity contribution is -0.137. The van der Waals surface area contributed by atoms with E-state index in [0.717, 1.165) is 51.4 Å². The Morgan fingerprint density at radius 2 is 1.78 bits per heavy atom. The Morgan fingerprint density at radius 3 is 2.42 bits per heavy atom. The van der Waals surface area contributed by atoms with E-state index in [1.165, 1.54) is 12.1 Å². The van der Waals surface area contributed by atoms with Gasteiger partial charge in [-0.1, -0.05) is 30.0 Å². The number of alkyl halides is 3. The van der Waals surface area contributed by atoms with Crippen LogP contribution in [0.5, 0.6) is 0 Å². The van der Waals surface area contributed by atoms with Crippen molar-refractivity contribution in [3.8, 4) is 5.69 Å². The molecule has 1 aliphatic rings. The molecule has 4 rings (SSSR count). The van der Waals surface area contributed by atoms with Crippen molar-refractivity contribution in [3.63, 3.8) is 0 Å². The first-order valence-electron chi connectivity index (χ1n) is 10.9. The summed E-state index contributed by atoms with van der Waals surface area (Å²) in [7, 11) is 0. The highest BCUT2D eigenvalue weighted by atomic mass is 32.2. The Labute approximate surface area is 215 Å². The van der Waals surface area contributed by atoms with Gasteiger partial charge in [0.2, 0.25) is 0 Å². The molecule has 2 aromatic carbocycles.